The molecular weight excluding hydrogens is 501 g/mol. The molecule has 190 valence electrons. The second-order valence-electron chi connectivity index (χ2n) is 8.02. The van der Waals surface area contributed by atoms with Crippen LogP contribution in [0.5, 0.6) is 0 Å². The lowest BCUT2D eigenvalue weighted by molar-refractivity contribution is -0.137. The lowest BCUT2D eigenvalue weighted by atomic mass is 10.1. The molecule has 4 rings (SSSR count). The van der Waals surface area contributed by atoms with Crippen molar-refractivity contribution in [2.45, 2.75) is 26.1 Å². The molecule has 15 heteroatoms. The molecule has 1 aliphatic rings. The van der Waals surface area contributed by atoms with Crippen LogP contribution in [0, 0.1) is 6.92 Å². The third-order valence-corrected chi connectivity index (χ3v) is 6.55. The van der Waals surface area contributed by atoms with Crippen molar-refractivity contribution in [2.75, 3.05) is 33.6 Å². The van der Waals surface area contributed by atoms with Crippen LogP contribution in [-0.4, -0.2) is 47.6 Å². The summed E-state index contributed by atoms with van der Waals surface area (Å²) >= 11 is 0. The monoisotopic (exact) mass is 522 g/mol. The minimum atomic E-state index is -4.74. The van der Waals surface area contributed by atoms with Gasteiger partial charge in [-0.15, -0.1) is 0 Å². The number of fused-ring (bicyclic) bond motifs is 1. The molecule has 0 bridgehead atoms. The van der Waals surface area contributed by atoms with Crippen molar-refractivity contribution in [3.8, 4) is 0 Å². The maximum Gasteiger partial charge on any atom is 0.421 e. The number of nitrogens with zero attached hydrogens (tertiary/aromatic N) is 5. The van der Waals surface area contributed by atoms with Crippen LogP contribution in [0.25, 0.3) is 0 Å². The molecule has 1 aliphatic heterocycles. The van der Waals surface area contributed by atoms with Crippen molar-refractivity contribution in [2.24, 2.45) is 0 Å². The Bertz CT molecular complexity index is 1450. The number of anilines is 5. The first-order valence-electron chi connectivity index (χ1n) is 10.5. The molecule has 0 radical (unpaired) electrons. The first-order chi connectivity index (χ1) is 16.8. The molecule has 36 heavy (non-hydrogen) atoms. The quantitative estimate of drug-likeness (QED) is 0.427. The lowest BCUT2D eigenvalue weighted by Crippen LogP contribution is -2.26. The molecule has 1 aromatic carbocycles. The van der Waals surface area contributed by atoms with Gasteiger partial charge in [-0.2, -0.15) is 18.2 Å². The molecule has 0 saturated heterocycles. The summed E-state index contributed by atoms with van der Waals surface area (Å²) in [5, 5.41) is 8.16. The van der Waals surface area contributed by atoms with Crippen LogP contribution in [0.3, 0.4) is 0 Å². The van der Waals surface area contributed by atoms with Crippen molar-refractivity contribution in [1.82, 2.24) is 19.9 Å². The molecule has 0 spiro atoms. The van der Waals surface area contributed by atoms with Gasteiger partial charge in [0, 0.05) is 24.6 Å². The standard InChI is InChI=1S/C21H21F3N8O3S/c1-11-16(29-17(10-25-11)32(2)36(3,34)35)9-26-19-14(21(22,23)24)8-27-20(31-19)28-13-4-5-15-12(6-13)7-18(33)30-15/h4-6,8,10H,7,9H2,1-3H3,(H,30,33)(H2,26,27,28,31). The topological polar surface area (TPSA) is 142 Å². The average molecular weight is 523 g/mol. The van der Waals surface area contributed by atoms with Crippen molar-refractivity contribution in [3.63, 3.8) is 0 Å². The SMILES string of the molecule is Cc1ncc(N(C)S(C)(=O)=O)nc1CNc1nc(Nc2ccc3c(c2)CC(=O)N3)ncc1C(F)(F)F. The zero-order chi connectivity index (χ0) is 26.3. The van der Waals surface area contributed by atoms with E-state index >= 15 is 0 Å². The number of hydrogen-bond donors (Lipinski definition) is 3. The fraction of sp³-hybridized carbons (Fsp3) is 0.286. The van der Waals surface area contributed by atoms with E-state index in [2.05, 4.69) is 35.9 Å². The van der Waals surface area contributed by atoms with E-state index < -0.39 is 27.6 Å². The Labute approximate surface area is 204 Å². The van der Waals surface area contributed by atoms with Gasteiger partial charge in [0.05, 0.1) is 36.8 Å². The molecular formula is C21H21F3N8O3S. The number of sulfonamides is 1. The van der Waals surface area contributed by atoms with Gasteiger partial charge in [0.2, 0.25) is 21.9 Å². The summed E-state index contributed by atoms with van der Waals surface area (Å²) in [6, 6.07) is 5.00. The highest BCUT2D eigenvalue weighted by Gasteiger charge is 2.35. The Morgan fingerprint density at radius 1 is 1.17 bits per heavy atom. The van der Waals surface area contributed by atoms with Crippen molar-refractivity contribution >= 4 is 44.9 Å². The number of benzene rings is 1. The van der Waals surface area contributed by atoms with Crippen LogP contribution >= 0.6 is 0 Å². The Balaban J connectivity index is 1.60. The summed E-state index contributed by atoms with van der Waals surface area (Å²) < 4.78 is 65.4. The minimum absolute atomic E-state index is 0.0190. The van der Waals surface area contributed by atoms with E-state index in [1.165, 1.54) is 13.2 Å². The van der Waals surface area contributed by atoms with Crippen molar-refractivity contribution in [1.29, 1.82) is 0 Å². The summed E-state index contributed by atoms with van der Waals surface area (Å²) in [6.45, 7) is 1.38. The molecule has 3 aromatic rings. The molecule has 11 nitrogen and oxygen atoms in total. The van der Waals surface area contributed by atoms with Gasteiger partial charge in [0.25, 0.3) is 0 Å². The number of aryl methyl sites for hydroxylation is 1. The van der Waals surface area contributed by atoms with Gasteiger partial charge in [0.15, 0.2) is 5.82 Å². The molecule has 1 amide bonds. The van der Waals surface area contributed by atoms with Crippen molar-refractivity contribution < 1.29 is 26.4 Å². The summed E-state index contributed by atoms with van der Waals surface area (Å²) in [6.07, 6.45) is -1.64. The van der Waals surface area contributed by atoms with Gasteiger partial charge in [-0.1, -0.05) is 0 Å². The van der Waals surface area contributed by atoms with Crippen LogP contribution in [0.2, 0.25) is 0 Å². The highest BCUT2D eigenvalue weighted by atomic mass is 32.2. The maximum absolute atomic E-state index is 13.6. The first kappa shape index (κ1) is 25.1. The van der Waals surface area contributed by atoms with E-state index in [-0.39, 0.29) is 36.3 Å². The van der Waals surface area contributed by atoms with E-state index in [9.17, 15) is 26.4 Å². The number of alkyl halides is 3. The summed E-state index contributed by atoms with van der Waals surface area (Å²) in [4.78, 5) is 27.6. The summed E-state index contributed by atoms with van der Waals surface area (Å²) in [5.41, 5.74) is 1.45. The number of hydrogen-bond acceptors (Lipinski definition) is 9. The molecule has 3 N–H and O–H groups in total. The van der Waals surface area contributed by atoms with Crippen LogP contribution in [0.15, 0.2) is 30.6 Å². The molecule has 0 aliphatic carbocycles. The summed E-state index contributed by atoms with van der Waals surface area (Å²) in [5.74, 6) is -0.729. The van der Waals surface area contributed by atoms with Crippen molar-refractivity contribution in [3.05, 3.63) is 53.1 Å². The first-order valence-corrected chi connectivity index (χ1v) is 12.3. The van der Waals surface area contributed by atoms with E-state index in [0.717, 1.165) is 16.1 Å². The third kappa shape index (κ3) is 5.45. The molecule has 2 aromatic heterocycles. The molecule has 0 fully saturated rings. The number of rotatable bonds is 7. The van der Waals surface area contributed by atoms with E-state index in [1.54, 1.807) is 25.1 Å². The van der Waals surface area contributed by atoms with Gasteiger partial charge in [-0.3, -0.25) is 14.1 Å². The predicted molar refractivity (Wildman–Crippen MR) is 126 cm³/mol. The normalized spacial score (nSPS) is 13.2. The summed E-state index contributed by atoms with van der Waals surface area (Å²) in [7, 11) is -2.32. The number of aromatic nitrogens is 4. The number of nitrogens with one attached hydrogen (secondary N) is 3. The van der Waals surface area contributed by atoms with Gasteiger partial charge in [0.1, 0.15) is 11.4 Å². The Morgan fingerprint density at radius 2 is 1.92 bits per heavy atom. The van der Waals surface area contributed by atoms with E-state index in [4.69, 9.17) is 0 Å². The number of halogens is 3. The van der Waals surface area contributed by atoms with Crippen LogP contribution in [-0.2, 0) is 34.0 Å². The lowest BCUT2D eigenvalue weighted by Gasteiger charge is -2.18. The minimum Gasteiger partial charge on any atom is -0.364 e. The zero-order valence-corrected chi connectivity index (χ0v) is 20.1. The third-order valence-electron chi connectivity index (χ3n) is 5.36. The molecule has 0 saturated carbocycles. The molecule has 0 unspecified atom stereocenters. The largest absolute Gasteiger partial charge is 0.421 e. The fourth-order valence-electron chi connectivity index (χ4n) is 3.35. The smallest absolute Gasteiger partial charge is 0.364 e. The van der Waals surface area contributed by atoms with E-state index in [1.807, 2.05) is 0 Å². The van der Waals surface area contributed by atoms with Crippen LogP contribution in [0.1, 0.15) is 22.5 Å². The zero-order valence-electron chi connectivity index (χ0n) is 19.3. The highest BCUT2D eigenvalue weighted by Crippen LogP contribution is 2.35. The molecule has 3 heterocycles. The highest BCUT2D eigenvalue weighted by molar-refractivity contribution is 7.92. The predicted octanol–water partition coefficient (Wildman–Crippen LogP) is 2.84. The average Bonchev–Trinajstić information content (AvgIpc) is 3.16. The van der Waals surface area contributed by atoms with Gasteiger partial charge in [-0.05, 0) is 30.7 Å². The number of amides is 1. The second-order valence-corrected chi connectivity index (χ2v) is 10.0. The number of carbonyl (C=O) groups is 1. The maximum atomic E-state index is 13.6. The van der Waals surface area contributed by atoms with E-state index in [0.29, 0.717) is 23.3 Å². The van der Waals surface area contributed by atoms with Gasteiger partial charge < -0.3 is 16.0 Å². The fourth-order valence-corrected chi connectivity index (χ4v) is 3.78. The van der Waals surface area contributed by atoms with Crippen LogP contribution in [0.4, 0.5) is 42.1 Å². The second kappa shape index (κ2) is 9.22. The Kier molecular flexibility index (Phi) is 6.43. The molecule has 0 atom stereocenters. The van der Waals surface area contributed by atoms with Gasteiger partial charge in [-0.25, -0.2) is 18.4 Å². The van der Waals surface area contributed by atoms with Gasteiger partial charge >= 0.3 is 6.18 Å². The Morgan fingerprint density at radius 3 is 2.61 bits per heavy atom. The Hall–Kier alpha value is -4.01. The number of carbonyl (C=O) groups excluding carboxylic acids is 1. The van der Waals surface area contributed by atoms with Crippen LogP contribution < -0.4 is 20.3 Å².